The third-order valence-electron chi connectivity index (χ3n) is 2.57. The summed E-state index contributed by atoms with van der Waals surface area (Å²) in [6.45, 7) is 0.517. The quantitative estimate of drug-likeness (QED) is 0.611. The summed E-state index contributed by atoms with van der Waals surface area (Å²) in [5, 5.41) is 25.3. The lowest BCUT2D eigenvalue weighted by atomic mass is 10.1. The molecule has 2 rings (SSSR count). The van der Waals surface area contributed by atoms with Crippen LogP contribution in [-0.2, 0) is 13.0 Å². The van der Waals surface area contributed by atoms with Crippen LogP contribution >= 0.6 is 0 Å². The van der Waals surface area contributed by atoms with E-state index in [-0.39, 0.29) is 18.7 Å². The second-order valence-electron chi connectivity index (χ2n) is 3.89. The fourth-order valence-corrected chi connectivity index (χ4v) is 1.73. The molecule has 6 nitrogen and oxygen atoms in total. The van der Waals surface area contributed by atoms with Crippen molar-refractivity contribution in [1.82, 2.24) is 9.78 Å². The van der Waals surface area contributed by atoms with Gasteiger partial charge in [0.25, 0.3) is 5.56 Å². The number of anilines is 1. The number of aryl methyl sites for hydroxylation is 1. The van der Waals surface area contributed by atoms with E-state index in [0.29, 0.717) is 0 Å². The van der Waals surface area contributed by atoms with E-state index >= 15 is 0 Å². The third-order valence-corrected chi connectivity index (χ3v) is 2.57. The molecule has 1 atom stereocenters. The maximum Gasteiger partial charge on any atom is 0.268 e. The summed E-state index contributed by atoms with van der Waals surface area (Å²) in [4.78, 5) is 11.6. The number of rotatable bonds is 3. The predicted octanol–water partition coefficient (Wildman–Crippen LogP) is -1.05. The van der Waals surface area contributed by atoms with Gasteiger partial charge in [-0.25, -0.2) is 4.68 Å². The Labute approximate surface area is 92.5 Å². The van der Waals surface area contributed by atoms with Crippen LogP contribution in [0.4, 0.5) is 5.69 Å². The first-order chi connectivity index (χ1) is 7.70. The van der Waals surface area contributed by atoms with Crippen molar-refractivity contribution < 1.29 is 10.2 Å². The molecule has 0 amide bonds. The predicted molar refractivity (Wildman–Crippen MR) is 58.4 cm³/mol. The van der Waals surface area contributed by atoms with Gasteiger partial charge in [0.15, 0.2) is 0 Å². The van der Waals surface area contributed by atoms with Crippen LogP contribution in [0.1, 0.15) is 12.1 Å². The smallest absolute Gasteiger partial charge is 0.268 e. The van der Waals surface area contributed by atoms with Crippen molar-refractivity contribution in [2.45, 2.75) is 25.5 Å². The molecule has 0 fully saturated rings. The van der Waals surface area contributed by atoms with Crippen LogP contribution in [0.5, 0.6) is 0 Å². The second kappa shape index (κ2) is 4.63. The van der Waals surface area contributed by atoms with E-state index in [1.165, 1.54) is 10.7 Å². The van der Waals surface area contributed by atoms with Crippen LogP contribution in [0.3, 0.4) is 0 Å². The van der Waals surface area contributed by atoms with Crippen molar-refractivity contribution in [3.63, 3.8) is 0 Å². The standard InChI is InChI=1S/C10H15N3O3/c14-6-7(15)5-13-10(16)4-9-8(12-13)2-1-3-11-9/h4,7,11,14-15H,1-3,5-6H2. The first kappa shape index (κ1) is 11.1. The van der Waals surface area contributed by atoms with E-state index in [4.69, 9.17) is 5.11 Å². The fraction of sp³-hybridized carbons (Fsp3) is 0.600. The van der Waals surface area contributed by atoms with Crippen LogP contribution in [0.2, 0.25) is 0 Å². The van der Waals surface area contributed by atoms with Crippen molar-refractivity contribution >= 4 is 5.69 Å². The molecule has 3 N–H and O–H groups in total. The van der Waals surface area contributed by atoms with Crippen molar-refractivity contribution in [2.24, 2.45) is 0 Å². The third kappa shape index (κ3) is 2.23. The fourth-order valence-electron chi connectivity index (χ4n) is 1.73. The molecule has 6 heteroatoms. The molecule has 16 heavy (non-hydrogen) atoms. The van der Waals surface area contributed by atoms with Gasteiger partial charge in [-0.15, -0.1) is 0 Å². The number of aliphatic hydroxyl groups is 2. The Morgan fingerprint density at radius 2 is 2.44 bits per heavy atom. The van der Waals surface area contributed by atoms with Gasteiger partial charge in [-0.1, -0.05) is 0 Å². The molecule has 0 aliphatic carbocycles. The van der Waals surface area contributed by atoms with Gasteiger partial charge in [0.2, 0.25) is 0 Å². The normalized spacial score (nSPS) is 16.4. The molecule has 0 saturated heterocycles. The Morgan fingerprint density at radius 1 is 1.62 bits per heavy atom. The van der Waals surface area contributed by atoms with Crippen molar-refractivity contribution in [2.75, 3.05) is 18.5 Å². The highest BCUT2D eigenvalue weighted by Gasteiger charge is 2.14. The SMILES string of the molecule is O=c1cc2c(nn1CC(O)CO)CCCN2. The van der Waals surface area contributed by atoms with Gasteiger partial charge in [0.05, 0.1) is 30.6 Å². The molecule has 0 saturated carbocycles. The van der Waals surface area contributed by atoms with E-state index in [1.54, 1.807) is 0 Å². The Bertz CT molecular complexity index is 430. The van der Waals surface area contributed by atoms with E-state index in [9.17, 15) is 9.90 Å². The Hall–Kier alpha value is -1.40. The van der Waals surface area contributed by atoms with E-state index in [1.807, 2.05) is 0 Å². The zero-order chi connectivity index (χ0) is 11.5. The number of hydrogen-bond donors (Lipinski definition) is 3. The van der Waals surface area contributed by atoms with Crippen molar-refractivity contribution in [3.8, 4) is 0 Å². The summed E-state index contributed by atoms with van der Waals surface area (Å²) < 4.78 is 1.20. The molecule has 0 radical (unpaired) electrons. The van der Waals surface area contributed by atoms with Crippen LogP contribution < -0.4 is 10.9 Å². The Balaban J connectivity index is 2.29. The highest BCUT2D eigenvalue weighted by atomic mass is 16.3. The molecule has 1 aliphatic rings. The van der Waals surface area contributed by atoms with Crippen LogP contribution in [0.15, 0.2) is 10.9 Å². The lowest BCUT2D eigenvalue weighted by Gasteiger charge is -2.18. The average Bonchev–Trinajstić information content (AvgIpc) is 2.30. The minimum absolute atomic E-state index is 0.0304. The summed E-state index contributed by atoms with van der Waals surface area (Å²) in [5.74, 6) is 0. The maximum absolute atomic E-state index is 11.6. The average molecular weight is 225 g/mol. The summed E-state index contributed by atoms with van der Waals surface area (Å²) in [7, 11) is 0. The van der Waals surface area contributed by atoms with Gasteiger partial charge >= 0.3 is 0 Å². The maximum atomic E-state index is 11.6. The van der Waals surface area contributed by atoms with Gasteiger partial charge in [-0.2, -0.15) is 5.10 Å². The summed E-state index contributed by atoms with van der Waals surface area (Å²) >= 11 is 0. The second-order valence-corrected chi connectivity index (χ2v) is 3.89. The van der Waals surface area contributed by atoms with Crippen molar-refractivity contribution in [1.29, 1.82) is 0 Å². The lowest BCUT2D eigenvalue weighted by Crippen LogP contribution is -2.32. The zero-order valence-corrected chi connectivity index (χ0v) is 8.89. The molecular formula is C10H15N3O3. The molecule has 0 aromatic carbocycles. The molecule has 1 aromatic heterocycles. The number of nitrogens with one attached hydrogen (secondary N) is 1. The zero-order valence-electron chi connectivity index (χ0n) is 8.89. The number of hydrogen-bond acceptors (Lipinski definition) is 5. The Morgan fingerprint density at radius 3 is 3.19 bits per heavy atom. The number of nitrogens with zero attached hydrogens (tertiary/aromatic N) is 2. The molecule has 0 spiro atoms. The lowest BCUT2D eigenvalue weighted by molar-refractivity contribution is 0.0768. The van der Waals surface area contributed by atoms with E-state index < -0.39 is 6.10 Å². The number of fused-ring (bicyclic) bond motifs is 1. The molecule has 1 unspecified atom stereocenters. The summed E-state index contributed by atoms with van der Waals surface area (Å²) in [6, 6.07) is 1.49. The van der Waals surface area contributed by atoms with Crippen LogP contribution in [0, 0.1) is 0 Å². The largest absolute Gasteiger partial charge is 0.394 e. The molecule has 1 aliphatic heterocycles. The van der Waals surface area contributed by atoms with Crippen LogP contribution in [-0.4, -0.2) is 39.2 Å². The summed E-state index contributed by atoms with van der Waals surface area (Å²) in [5.41, 5.74) is 1.36. The van der Waals surface area contributed by atoms with Gasteiger partial charge in [-0.3, -0.25) is 4.79 Å². The molecular weight excluding hydrogens is 210 g/mol. The Kier molecular flexibility index (Phi) is 3.21. The van der Waals surface area contributed by atoms with Gasteiger partial charge in [-0.05, 0) is 12.8 Å². The topological polar surface area (TPSA) is 87.4 Å². The summed E-state index contributed by atoms with van der Waals surface area (Å²) in [6.07, 6.45) is 0.873. The van der Waals surface area contributed by atoms with Crippen LogP contribution in [0.25, 0.3) is 0 Å². The van der Waals surface area contributed by atoms with Gasteiger partial charge < -0.3 is 15.5 Å². The number of aliphatic hydroxyl groups excluding tert-OH is 2. The van der Waals surface area contributed by atoms with Crippen molar-refractivity contribution in [3.05, 3.63) is 22.1 Å². The number of aromatic nitrogens is 2. The minimum atomic E-state index is -0.945. The molecule has 2 heterocycles. The molecule has 1 aromatic rings. The molecule has 0 bridgehead atoms. The van der Waals surface area contributed by atoms with Gasteiger partial charge in [0.1, 0.15) is 0 Å². The highest BCUT2D eigenvalue weighted by molar-refractivity contribution is 5.48. The highest BCUT2D eigenvalue weighted by Crippen LogP contribution is 2.16. The first-order valence-corrected chi connectivity index (χ1v) is 5.34. The van der Waals surface area contributed by atoms with Gasteiger partial charge in [0, 0.05) is 12.6 Å². The minimum Gasteiger partial charge on any atom is -0.394 e. The first-order valence-electron chi connectivity index (χ1n) is 5.34. The monoisotopic (exact) mass is 225 g/mol. The molecule has 88 valence electrons. The van der Waals surface area contributed by atoms with E-state index in [0.717, 1.165) is 30.8 Å². The van der Waals surface area contributed by atoms with E-state index in [2.05, 4.69) is 10.4 Å².